The number of hydrogen-bond donors (Lipinski definition) is 5. The molecule has 0 aliphatic carbocycles. The Labute approximate surface area is 346 Å². The van der Waals surface area contributed by atoms with Gasteiger partial charge in [0.15, 0.2) is 0 Å². The van der Waals surface area contributed by atoms with E-state index in [4.69, 9.17) is 0 Å². The molecule has 0 aromatic heterocycles. The Hall–Kier alpha value is -4.54. The average molecular weight is 823 g/mol. The van der Waals surface area contributed by atoms with E-state index in [1.54, 1.807) is 13.8 Å². The van der Waals surface area contributed by atoms with Gasteiger partial charge in [0.1, 0.15) is 41.9 Å². The number of aliphatic hydroxyl groups is 1. The van der Waals surface area contributed by atoms with E-state index in [2.05, 4.69) is 27.8 Å². The molecule has 17 heteroatoms. The van der Waals surface area contributed by atoms with E-state index in [9.17, 15) is 43.5 Å². The highest BCUT2D eigenvalue weighted by atomic mass is 16.3. The van der Waals surface area contributed by atoms with Crippen LogP contribution in [0.25, 0.3) is 0 Å². The molecule has 0 spiro atoms. The molecule has 0 rings (SSSR count). The number of amides is 8. The Morgan fingerprint density at radius 2 is 1.09 bits per heavy atom. The van der Waals surface area contributed by atoms with Crippen LogP contribution in [0.5, 0.6) is 0 Å². The predicted molar refractivity (Wildman–Crippen MR) is 222 cm³/mol. The van der Waals surface area contributed by atoms with E-state index in [-0.39, 0.29) is 48.6 Å². The molecule has 6 atom stereocenters. The third-order valence-corrected chi connectivity index (χ3v) is 9.86. The van der Waals surface area contributed by atoms with Crippen LogP contribution in [0, 0.1) is 17.8 Å². The molecular weight excluding hydrogens is 748 g/mol. The van der Waals surface area contributed by atoms with E-state index in [1.165, 1.54) is 72.7 Å². The second-order valence-corrected chi connectivity index (χ2v) is 17.1. The summed E-state index contributed by atoms with van der Waals surface area (Å²) in [5.41, 5.74) is -1.59. The number of carbonyl (C=O) groups excluding carboxylic acids is 8. The van der Waals surface area contributed by atoms with Crippen molar-refractivity contribution in [2.24, 2.45) is 17.8 Å². The Kier molecular flexibility index (Phi) is 21.9. The van der Waals surface area contributed by atoms with E-state index < -0.39 is 83.2 Å². The SMILES string of the molecule is C=C(C(=O)N(C)[C@@H](CC(C)(C)O)C(=O)N[C@H](C(=O)N(C)[C@@H](CC(C)C)C(=O)N[C@@H](C)C(=O)N[C@H](C)C(=O)N(C)[C@@H](CC(C)C)C(=O)NC)C(C)C)N(C)C(=O)CCC. The van der Waals surface area contributed by atoms with Crippen molar-refractivity contribution in [3.8, 4) is 0 Å². The van der Waals surface area contributed by atoms with Gasteiger partial charge in [-0.3, -0.25) is 38.4 Å². The van der Waals surface area contributed by atoms with Crippen LogP contribution >= 0.6 is 0 Å². The Morgan fingerprint density at radius 3 is 1.52 bits per heavy atom. The molecule has 8 amide bonds. The number of hydrogen-bond acceptors (Lipinski definition) is 9. The van der Waals surface area contributed by atoms with E-state index in [0.29, 0.717) is 12.8 Å². The normalized spacial score (nSPS) is 14.6. The first-order valence-corrected chi connectivity index (χ1v) is 20.1. The number of carbonyl (C=O) groups is 8. The molecule has 0 aromatic carbocycles. The largest absolute Gasteiger partial charge is 0.390 e. The zero-order valence-electron chi connectivity index (χ0n) is 37.9. The minimum atomic E-state index is -1.43. The maximum atomic E-state index is 14.2. The quantitative estimate of drug-likeness (QED) is 0.0940. The van der Waals surface area contributed by atoms with Crippen molar-refractivity contribution in [1.29, 1.82) is 0 Å². The monoisotopic (exact) mass is 823 g/mol. The lowest BCUT2D eigenvalue weighted by Crippen LogP contribution is -2.60. The molecular formula is C41H74N8O9. The summed E-state index contributed by atoms with van der Waals surface area (Å²) in [6, 6.07) is -6.44. The van der Waals surface area contributed by atoms with E-state index in [1.807, 2.05) is 34.6 Å². The zero-order valence-corrected chi connectivity index (χ0v) is 37.9. The van der Waals surface area contributed by atoms with Crippen LogP contribution in [0.3, 0.4) is 0 Å². The molecule has 58 heavy (non-hydrogen) atoms. The molecule has 0 saturated heterocycles. The van der Waals surface area contributed by atoms with Crippen LogP contribution in [0.2, 0.25) is 0 Å². The van der Waals surface area contributed by atoms with Gasteiger partial charge in [0.25, 0.3) is 5.91 Å². The van der Waals surface area contributed by atoms with Crippen molar-refractivity contribution in [2.45, 2.75) is 150 Å². The summed E-state index contributed by atoms with van der Waals surface area (Å²) < 4.78 is 0. The molecule has 0 aromatic rings. The summed E-state index contributed by atoms with van der Waals surface area (Å²) >= 11 is 0. The lowest BCUT2D eigenvalue weighted by molar-refractivity contribution is -0.146. The summed E-state index contributed by atoms with van der Waals surface area (Å²) in [4.78, 5) is 112. The molecule has 0 fully saturated rings. The number of nitrogens with one attached hydrogen (secondary N) is 4. The molecule has 0 unspecified atom stereocenters. The molecule has 0 bridgehead atoms. The average Bonchev–Trinajstić information content (AvgIpc) is 3.13. The highest BCUT2D eigenvalue weighted by Crippen LogP contribution is 2.20. The first-order valence-electron chi connectivity index (χ1n) is 20.1. The maximum Gasteiger partial charge on any atom is 0.270 e. The molecule has 0 heterocycles. The van der Waals surface area contributed by atoms with Crippen molar-refractivity contribution in [3.63, 3.8) is 0 Å². The van der Waals surface area contributed by atoms with Crippen LogP contribution in [0.15, 0.2) is 12.3 Å². The van der Waals surface area contributed by atoms with Gasteiger partial charge in [0, 0.05) is 48.1 Å². The summed E-state index contributed by atoms with van der Waals surface area (Å²) in [6.45, 7) is 22.4. The number of nitrogens with zero attached hydrogens (tertiary/aromatic N) is 4. The maximum absolute atomic E-state index is 14.2. The van der Waals surface area contributed by atoms with Gasteiger partial charge in [-0.1, -0.05) is 55.0 Å². The van der Waals surface area contributed by atoms with Gasteiger partial charge in [0.2, 0.25) is 41.4 Å². The minimum Gasteiger partial charge on any atom is -0.390 e. The van der Waals surface area contributed by atoms with Crippen molar-refractivity contribution in [1.82, 2.24) is 40.9 Å². The second-order valence-electron chi connectivity index (χ2n) is 17.1. The van der Waals surface area contributed by atoms with Crippen LogP contribution in [-0.2, 0) is 38.4 Å². The fraction of sp³-hybridized carbons (Fsp3) is 0.756. The standard InChI is InChI=1S/C41H74N8O9/c1-18-19-32(50)46(14)28(10)39(56)49(17)31(22-41(11,12)58)37(54)45-33(25(6)7)40(57)48(16)30(21-24(4)5)36(53)43-26(8)34(51)44-27(9)38(55)47(15)29(20-23(2)3)35(52)42-13/h23-27,29-31,33,58H,10,18-22H2,1-9,11-17H3,(H,42,52)(H,43,53)(H,44,51)(H,45,54)/t26-,27+,29-,30-,31-,33-/m0/s1. The van der Waals surface area contributed by atoms with Crippen LogP contribution in [0.1, 0.15) is 108 Å². The Balaban J connectivity index is 6.26. The summed E-state index contributed by atoms with van der Waals surface area (Å²) in [5, 5.41) is 21.3. The fourth-order valence-electron chi connectivity index (χ4n) is 6.21. The predicted octanol–water partition coefficient (Wildman–Crippen LogP) is 1.39. The zero-order chi connectivity index (χ0) is 45.6. The lowest BCUT2D eigenvalue weighted by Gasteiger charge is -2.36. The fourth-order valence-corrected chi connectivity index (χ4v) is 6.21. The number of likely N-dealkylation sites (N-methyl/N-ethyl adjacent to an activating group) is 5. The lowest BCUT2D eigenvalue weighted by atomic mass is 9.95. The molecule has 5 N–H and O–H groups in total. The van der Waals surface area contributed by atoms with Gasteiger partial charge in [-0.15, -0.1) is 0 Å². The van der Waals surface area contributed by atoms with Gasteiger partial charge < -0.3 is 46.0 Å². The van der Waals surface area contributed by atoms with Crippen LogP contribution in [-0.4, -0.2) is 149 Å². The molecule has 332 valence electrons. The molecule has 0 radical (unpaired) electrons. The van der Waals surface area contributed by atoms with Gasteiger partial charge in [-0.25, -0.2) is 0 Å². The van der Waals surface area contributed by atoms with Gasteiger partial charge in [0.05, 0.1) is 5.60 Å². The highest BCUT2D eigenvalue weighted by molar-refractivity contribution is 6.00. The smallest absolute Gasteiger partial charge is 0.270 e. The minimum absolute atomic E-state index is 0.0826. The first kappa shape index (κ1) is 53.5. The van der Waals surface area contributed by atoms with Crippen molar-refractivity contribution in [3.05, 3.63) is 12.3 Å². The van der Waals surface area contributed by atoms with Crippen molar-refractivity contribution >= 4 is 47.3 Å². The topological polar surface area (TPSA) is 218 Å². The van der Waals surface area contributed by atoms with Crippen LogP contribution in [0.4, 0.5) is 0 Å². The van der Waals surface area contributed by atoms with Gasteiger partial charge >= 0.3 is 0 Å². The highest BCUT2D eigenvalue weighted by Gasteiger charge is 2.39. The third kappa shape index (κ3) is 16.4. The molecule has 0 aliphatic heterocycles. The summed E-state index contributed by atoms with van der Waals surface area (Å²) in [6.07, 6.45) is 1.13. The Morgan fingerprint density at radius 1 is 0.638 bits per heavy atom. The summed E-state index contributed by atoms with van der Waals surface area (Å²) in [5.74, 6) is -5.00. The summed E-state index contributed by atoms with van der Waals surface area (Å²) in [7, 11) is 7.17. The Bertz CT molecular complexity index is 1480. The van der Waals surface area contributed by atoms with Crippen LogP contribution < -0.4 is 21.3 Å². The van der Waals surface area contributed by atoms with E-state index >= 15 is 0 Å². The van der Waals surface area contributed by atoms with Crippen molar-refractivity contribution in [2.75, 3.05) is 35.2 Å². The third-order valence-electron chi connectivity index (χ3n) is 9.86. The molecule has 0 saturated carbocycles. The molecule has 0 aliphatic rings. The van der Waals surface area contributed by atoms with Crippen molar-refractivity contribution < 1.29 is 43.5 Å². The molecule has 17 nitrogen and oxygen atoms in total. The van der Waals surface area contributed by atoms with E-state index in [0.717, 1.165) is 9.80 Å². The van der Waals surface area contributed by atoms with Gasteiger partial charge in [-0.2, -0.15) is 0 Å². The van der Waals surface area contributed by atoms with Gasteiger partial charge in [-0.05, 0) is 64.7 Å². The first-order chi connectivity index (χ1) is 26.5. The second kappa shape index (κ2) is 23.8. The number of rotatable bonds is 23.